The molecule has 6 heteroatoms. The van der Waals surface area contributed by atoms with Gasteiger partial charge in [-0.25, -0.2) is 4.98 Å². The summed E-state index contributed by atoms with van der Waals surface area (Å²) in [6, 6.07) is 16.6. The SMILES string of the molecule is Cc1nc2c(Cl)cccn2c1NC(=O)c1ccc(-c2ccccc2)o1. The summed E-state index contributed by atoms with van der Waals surface area (Å²) < 4.78 is 7.43. The van der Waals surface area contributed by atoms with Gasteiger partial charge in [-0.1, -0.05) is 41.9 Å². The zero-order chi connectivity index (χ0) is 17.4. The van der Waals surface area contributed by atoms with Gasteiger partial charge in [0.05, 0.1) is 10.7 Å². The number of aryl methyl sites for hydroxylation is 1. The van der Waals surface area contributed by atoms with Crippen molar-refractivity contribution in [3.63, 3.8) is 0 Å². The number of benzene rings is 1. The van der Waals surface area contributed by atoms with Crippen molar-refractivity contribution in [1.29, 1.82) is 0 Å². The average Bonchev–Trinajstić information content (AvgIpc) is 3.23. The highest BCUT2D eigenvalue weighted by atomic mass is 35.5. The van der Waals surface area contributed by atoms with E-state index in [1.54, 1.807) is 34.9 Å². The maximum Gasteiger partial charge on any atom is 0.292 e. The third-order valence-corrected chi connectivity index (χ3v) is 4.19. The zero-order valence-corrected chi connectivity index (χ0v) is 14.1. The number of amides is 1. The molecule has 0 unspecified atom stereocenters. The fraction of sp³-hybridized carbons (Fsp3) is 0.0526. The van der Waals surface area contributed by atoms with Gasteiger partial charge in [-0.2, -0.15) is 0 Å². The maximum atomic E-state index is 12.6. The molecule has 1 N–H and O–H groups in total. The molecule has 0 radical (unpaired) electrons. The first-order chi connectivity index (χ1) is 12.1. The number of pyridine rings is 1. The number of hydrogen-bond donors (Lipinski definition) is 1. The summed E-state index contributed by atoms with van der Waals surface area (Å²) in [5.74, 6) is 1.10. The molecule has 5 nitrogen and oxygen atoms in total. The van der Waals surface area contributed by atoms with E-state index in [0.29, 0.717) is 27.9 Å². The van der Waals surface area contributed by atoms with Crippen LogP contribution in [0.25, 0.3) is 17.0 Å². The molecule has 4 aromatic rings. The first-order valence-electron chi connectivity index (χ1n) is 7.73. The molecule has 3 aromatic heterocycles. The highest BCUT2D eigenvalue weighted by Gasteiger charge is 2.17. The molecule has 1 amide bonds. The minimum absolute atomic E-state index is 0.232. The van der Waals surface area contributed by atoms with Crippen molar-refractivity contribution >= 4 is 29.0 Å². The molecule has 0 bridgehead atoms. The predicted octanol–water partition coefficient (Wildman–Crippen LogP) is 4.81. The number of rotatable bonds is 3. The first-order valence-corrected chi connectivity index (χ1v) is 8.11. The zero-order valence-electron chi connectivity index (χ0n) is 13.4. The predicted molar refractivity (Wildman–Crippen MR) is 97.0 cm³/mol. The molecule has 3 heterocycles. The minimum Gasteiger partial charge on any atom is -0.451 e. The van der Waals surface area contributed by atoms with Crippen LogP contribution in [0.3, 0.4) is 0 Å². The van der Waals surface area contributed by atoms with Gasteiger partial charge in [0.1, 0.15) is 11.6 Å². The number of anilines is 1. The van der Waals surface area contributed by atoms with Gasteiger partial charge in [0, 0.05) is 11.8 Å². The van der Waals surface area contributed by atoms with Gasteiger partial charge < -0.3 is 9.73 Å². The van der Waals surface area contributed by atoms with Crippen molar-refractivity contribution in [2.45, 2.75) is 6.92 Å². The summed E-state index contributed by atoms with van der Waals surface area (Å²) in [7, 11) is 0. The fourth-order valence-electron chi connectivity index (χ4n) is 2.68. The Labute approximate surface area is 148 Å². The topological polar surface area (TPSA) is 59.5 Å². The molecule has 25 heavy (non-hydrogen) atoms. The van der Waals surface area contributed by atoms with E-state index in [9.17, 15) is 4.79 Å². The third-order valence-electron chi connectivity index (χ3n) is 3.90. The number of carbonyl (C=O) groups is 1. The van der Waals surface area contributed by atoms with Gasteiger partial charge in [-0.05, 0) is 31.2 Å². The van der Waals surface area contributed by atoms with Crippen LogP contribution in [-0.4, -0.2) is 15.3 Å². The van der Waals surface area contributed by atoms with Crippen molar-refractivity contribution in [1.82, 2.24) is 9.38 Å². The second-order valence-corrected chi connectivity index (χ2v) is 5.99. The number of carbonyl (C=O) groups excluding carboxylic acids is 1. The number of hydrogen-bond acceptors (Lipinski definition) is 3. The molecular weight excluding hydrogens is 338 g/mol. The van der Waals surface area contributed by atoms with Gasteiger partial charge in [0.2, 0.25) is 0 Å². The van der Waals surface area contributed by atoms with Crippen LogP contribution >= 0.6 is 11.6 Å². The fourth-order valence-corrected chi connectivity index (χ4v) is 2.89. The van der Waals surface area contributed by atoms with Gasteiger partial charge in [0.15, 0.2) is 11.4 Å². The highest BCUT2D eigenvalue weighted by molar-refractivity contribution is 6.33. The Bertz CT molecular complexity index is 1070. The molecule has 0 atom stereocenters. The van der Waals surface area contributed by atoms with Crippen LogP contribution < -0.4 is 5.32 Å². The lowest BCUT2D eigenvalue weighted by Crippen LogP contribution is -2.13. The van der Waals surface area contributed by atoms with Gasteiger partial charge in [0.25, 0.3) is 5.91 Å². The monoisotopic (exact) mass is 351 g/mol. The quantitative estimate of drug-likeness (QED) is 0.576. The van der Waals surface area contributed by atoms with Crippen molar-refractivity contribution in [3.8, 4) is 11.3 Å². The second-order valence-electron chi connectivity index (χ2n) is 5.58. The Morgan fingerprint density at radius 3 is 2.72 bits per heavy atom. The normalized spacial score (nSPS) is 11.0. The van der Waals surface area contributed by atoms with E-state index in [-0.39, 0.29) is 11.7 Å². The summed E-state index contributed by atoms with van der Waals surface area (Å²) in [4.78, 5) is 17.0. The largest absolute Gasteiger partial charge is 0.451 e. The third kappa shape index (κ3) is 2.79. The van der Waals surface area contributed by atoms with Crippen LogP contribution in [0.5, 0.6) is 0 Å². The Hall–Kier alpha value is -3.05. The second kappa shape index (κ2) is 6.11. The lowest BCUT2D eigenvalue weighted by Gasteiger charge is -2.05. The van der Waals surface area contributed by atoms with E-state index >= 15 is 0 Å². The smallest absolute Gasteiger partial charge is 0.292 e. The summed E-state index contributed by atoms with van der Waals surface area (Å²) in [6.07, 6.45) is 1.80. The van der Waals surface area contributed by atoms with Crippen LogP contribution in [0.15, 0.2) is 65.2 Å². The first kappa shape index (κ1) is 15.5. The molecule has 0 spiro atoms. The van der Waals surface area contributed by atoms with Crippen LogP contribution in [0.1, 0.15) is 16.2 Å². The summed E-state index contributed by atoms with van der Waals surface area (Å²) in [5.41, 5.74) is 2.19. The number of nitrogens with zero attached hydrogens (tertiary/aromatic N) is 2. The van der Waals surface area contributed by atoms with E-state index in [1.807, 2.05) is 37.3 Å². The Morgan fingerprint density at radius 1 is 1.12 bits per heavy atom. The van der Waals surface area contributed by atoms with Crippen LogP contribution in [-0.2, 0) is 0 Å². The number of aromatic nitrogens is 2. The Morgan fingerprint density at radius 2 is 1.92 bits per heavy atom. The average molecular weight is 352 g/mol. The number of imidazole rings is 1. The van der Waals surface area contributed by atoms with Crippen molar-refractivity contribution in [2.24, 2.45) is 0 Å². The van der Waals surface area contributed by atoms with E-state index < -0.39 is 0 Å². The van der Waals surface area contributed by atoms with Crippen LogP contribution in [0.2, 0.25) is 5.02 Å². The summed E-state index contributed by atoms with van der Waals surface area (Å²) >= 11 is 6.15. The van der Waals surface area contributed by atoms with Crippen molar-refractivity contribution in [2.75, 3.05) is 5.32 Å². The van der Waals surface area contributed by atoms with Gasteiger partial charge >= 0.3 is 0 Å². The van der Waals surface area contributed by atoms with Crippen molar-refractivity contribution in [3.05, 3.63) is 77.3 Å². The summed E-state index contributed by atoms with van der Waals surface area (Å²) in [5, 5.41) is 3.37. The molecule has 0 saturated carbocycles. The molecule has 0 fully saturated rings. The van der Waals surface area contributed by atoms with E-state index in [0.717, 1.165) is 5.56 Å². The molecule has 0 aliphatic rings. The lowest BCUT2D eigenvalue weighted by molar-refractivity contribution is 0.0997. The van der Waals surface area contributed by atoms with Crippen LogP contribution in [0, 0.1) is 6.92 Å². The Balaban J connectivity index is 1.64. The molecule has 0 aliphatic carbocycles. The molecule has 4 rings (SSSR count). The van der Waals surface area contributed by atoms with Gasteiger partial charge in [-0.15, -0.1) is 0 Å². The number of nitrogens with one attached hydrogen (secondary N) is 1. The van der Waals surface area contributed by atoms with Gasteiger partial charge in [-0.3, -0.25) is 9.20 Å². The standard InChI is InChI=1S/C19H14ClN3O2/c1-12-17(23-11-5-8-14(20)18(23)21-12)22-19(24)16-10-9-15(25-16)13-6-3-2-4-7-13/h2-11H,1H3,(H,22,24). The molecule has 1 aromatic carbocycles. The van der Waals surface area contributed by atoms with E-state index in [4.69, 9.17) is 16.0 Å². The number of fused-ring (bicyclic) bond motifs is 1. The van der Waals surface area contributed by atoms with E-state index in [1.165, 1.54) is 0 Å². The molecule has 0 saturated heterocycles. The number of halogens is 1. The van der Waals surface area contributed by atoms with Crippen molar-refractivity contribution < 1.29 is 9.21 Å². The maximum absolute atomic E-state index is 12.6. The molecular formula is C19H14ClN3O2. The van der Waals surface area contributed by atoms with E-state index in [2.05, 4.69) is 10.3 Å². The lowest BCUT2D eigenvalue weighted by atomic mass is 10.2. The Kier molecular flexibility index (Phi) is 3.78. The highest BCUT2D eigenvalue weighted by Crippen LogP contribution is 2.25. The molecule has 124 valence electrons. The summed E-state index contributed by atoms with van der Waals surface area (Å²) in [6.45, 7) is 1.82. The minimum atomic E-state index is -0.341. The molecule has 0 aliphatic heterocycles. The number of furan rings is 1. The van der Waals surface area contributed by atoms with Crippen LogP contribution in [0.4, 0.5) is 5.82 Å².